The molecular formula is C38H36F3N7O4. The van der Waals surface area contributed by atoms with Crippen LogP contribution in [0, 0.1) is 24.0 Å². The number of pyridine rings is 1. The van der Waals surface area contributed by atoms with E-state index in [1.54, 1.807) is 4.90 Å². The number of halogens is 3. The number of alkyl halides is 1. The number of ether oxygens (including phenoxy) is 1. The minimum atomic E-state index is -0.975. The van der Waals surface area contributed by atoms with Crippen molar-refractivity contribution in [3.63, 3.8) is 0 Å². The van der Waals surface area contributed by atoms with E-state index in [4.69, 9.17) is 16.1 Å². The third-order valence-electron chi connectivity index (χ3n) is 11.0. The number of phenolic OH excluding ortho intramolecular Hbond substituents is 1. The molecule has 14 heteroatoms. The quantitative estimate of drug-likeness (QED) is 0.204. The van der Waals surface area contributed by atoms with Gasteiger partial charge < -0.3 is 25.0 Å². The highest BCUT2D eigenvalue weighted by molar-refractivity contribution is 6.03. The maximum absolute atomic E-state index is 17.0. The van der Waals surface area contributed by atoms with E-state index in [1.165, 1.54) is 30.5 Å². The number of piperazine rings is 1. The van der Waals surface area contributed by atoms with Crippen LogP contribution in [0.4, 0.5) is 19.0 Å². The molecule has 4 atom stereocenters. The van der Waals surface area contributed by atoms with Crippen molar-refractivity contribution in [1.29, 1.82) is 0 Å². The standard InChI is InChI=1S/C38H36F3N7O4/c1-3-26-29(40)9-6-21-12-25(49)13-27(32(21)26)34-33(41)35-28(15-43-34)36(45-37(44-35)52-20-38-10-5-11-47(38)17-22(39)14-38)46-18-23-7-8-24(19-46)48(23)31(51)16-42-30(50)4-2/h1,4,6,9,12-13,15,22-24,49H,2,5,7-8,10-11,14,16-20H2,(H,42,50). The van der Waals surface area contributed by atoms with Gasteiger partial charge in [-0.1, -0.05) is 18.6 Å². The molecule has 0 spiro atoms. The maximum atomic E-state index is 17.0. The number of carbonyl (C=O) groups excluding carboxylic acids is 2. The van der Waals surface area contributed by atoms with Gasteiger partial charge in [0.1, 0.15) is 41.4 Å². The molecule has 0 saturated carbocycles. The van der Waals surface area contributed by atoms with Gasteiger partial charge in [0.2, 0.25) is 11.8 Å². The number of phenols is 1. The molecule has 4 unspecified atom stereocenters. The van der Waals surface area contributed by atoms with Crippen molar-refractivity contribution in [2.24, 2.45) is 0 Å². The number of terminal acetylenes is 1. The van der Waals surface area contributed by atoms with E-state index < -0.39 is 29.3 Å². The van der Waals surface area contributed by atoms with Gasteiger partial charge in [-0.15, -0.1) is 6.42 Å². The number of aromatic nitrogens is 3. The Bertz CT molecular complexity index is 2180. The van der Waals surface area contributed by atoms with Crippen molar-refractivity contribution in [3.05, 3.63) is 60.3 Å². The minimum Gasteiger partial charge on any atom is -0.508 e. The Kier molecular flexibility index (Phi) is 8.41. The van der Waals surface area contributed by atoms with Crippen LogP contribution in [0.25, 0.3) is 32.9 Å². The molecule has 0 radical (unpaired) electrons. The molecule has 8 rings (SSSR count). The Morgan fingerprint density at radius 1 is 1.17 bits per heavy atom. The fourth-order valence-corrected chi connectivity index (χ4v) is 8.72. The number of fused-ring (bicyclic) bond motifs is 5. The Balaban J connectivity index is 1.21. The summed E-state index contributed by atoms with van der Waals surface area (Å²) in [5.74, 6) is 0.330. The molecule has 2 bridgehead atoms. The summed E-state index contributed by atoms with van der Waals surface area (Å²) < 4.78 is 52.7. The van der Waals surface area contributed by atoms with Gasteiger partial charge in [0, 0.05) is 55.3 Å². The first-order valence-corrected chi connectivity index (χ1v) is 17.4. The van der Waals surface area contributed by atoms with Gasteiger partial charge in [0.25, 0.3) is 0 Å². The van der Waals surface area contributed by atoms with Crippen LogP contribution in [0.2, 0.25) is 0 Å². The van der Waals surface area contributed by atoms with Gasteiger partial charge in [0.05, 0.1) is 23.0 Å². The van der Waals surface area contributed by atoms with Crippen molar-refractivity contribution >= 4 is 39.3 Å². The Morgan fingerprint density at radius 2 is 1.96 bits per heavy atom. The summed E-state index contributed by atoms with van der Waals surface area (Å²) in [6, 6.07) is 4.84. The summed E-state index contributed by atoms with van der Waals surface area (Å²) in [5.41, 5.74) is -0.856. The summed E-state index contributed by atoms with van der Waals surface area (Å²) in [7, 11) is 0. The van der Waals surface area contributed by atoms with Crippen LogP contribution in [0.15, 0.2) is 43.1 Å². The second kappa shape index (κ2) is 13.0. The van der Waals surface area contributed by atoms with E-state index >= 15 is 4.39 Å². The molecule has 6 heterocycles. The summed E-state index contributed by atoms with van der Waals surface area (Å²) in [6.45, 7) is 5.22. The highest BCUT2D eigenvalue weighted by Crippen LogP contribution is 2.42. The number of hydrogen-bond acceptors (Lipinski definition) is 9. The SMILES string of the molecule is C#Cc1c(F)ccc2cc(O)cc(-c3ncc4c(N5CC6CCC(C5)N6C(=O)CNC(=O)C=C)nc(OCC56CCCN5CC(F)C6)nc4c3F)c12. The lowest BCUT2D eigenvalue weighted by atomic mass is 9.95. The van der Waals surface area contributed by atoms with E-state index in [2.05, 4.69) is 32.7 Å². The zero-order valence-electron chi connectivity index (χ0n) is 28.2. The molecule has 4 aromatic rings. The van der Waals surface area contributed by atoms with Crippen molar-refractivity contribution in [1.82, 2.24) is 30.1 Å². The normalized spacial score (nSPS) is 23.9. The van der Waals surface area contributed by atoms with Gasteiger partial charge in [-0.3, -0.25) is 19.5 Å². The molecule has 4 aliphatic heterocycles. The van der Waals surface area contributed by atoms with Crippen LogP contribution < -0.4 is 15.0 Å². The van der Waals surface area contributed by atoms with Gasteiger partial charge in [-0.2, -0.15) is 9.97 Å². The average Bonchev–Trinajstić information content (AvgIpc) is 3.75. The molecule has 2 aromatic carbocycles. The molecule has 2 amide bonds. The molecule has 2 N–H and O–H groups in total. The summed E-state index contributed by atoms with van der Waals surface area (Å²) in [5, 5.41) is 14.0. The summed E-state index contributed by atoms with van der Waals surface area (Å²) >= 11 is 0. The number of anilines is 1. The number of carbonyl (C=O) groups is 2. The third kappa shape index (κ3) is 5.63. The van der Waals surface area contributed by atoms with Crippen LogP contribution in [0.3, 0.4) is 0 Å². The third-order valence-corrected chi connectivity index (χ3v) is 11.0. The maximum Gasteiger partial charge on any atom is 0.319 e. The Morgan fingerprint density at radius 3 is 2.71 bits per heavy atom. The number of amides is 2. The van der Waals surface area contributed by atoms with Gasteiger partial charge in [-0.25, -0.2) is 13.2 Å². The number of nitrogens with zero attached hydrogens (tertiary/aromatic N) is 6. The number of aromatic hydroxyl groups is 1. The number of nitrogens with one attached hydrogen (secondary N) is 1. The Hall–Kier alpha value is -5.42. The molecule has 4 saturated heterocycles. The summed E-state index contributed by atoms with van der Waals surface area (Å²) in [6.07, 6.45) is 10.7. The predicted molar refractivity (Wildman–Crippen MR) is 187 cm³/mol. The van der Waals surface area contributed by atoms with E-state index in [0.29, 0.717) is 37.3 Å². The minimum absolute atomic E-state index is 0.0821. The van der Waals surface area contributed by atoms with Crippen LogP contribution in [0.1, 0.15) is 37.7 Å². The lowest BCUT2D eigenvalue weighted by Crippen LogP contribution is -2.57. The van der Waals surface area contributed by atoms with E-state index in [9.17, 15) is 23.5 Å². The lowest BCUT2D eigenvalue weighted by Gasteiger charge is -2.42. The van der Waals surface area contributed by atoms with Crippen molar-refractivity contribution in [2.45, 2.75) is 55.9 Å². The van der Waals surface area contributed by atoms with Gasteiger partial charge >= 0.3 is 6.01 Å². The average molecular weight is 712 g/mol. The van der Waals surface area contributed by atoms with E-state index in [0.717, 1.165) is 38.3 Å². The smallest absolute Gasteiger partial charge is 0.319 e. The predicted octanol–water partition coefficient (Wildman–Crippen LogP) is 4.25. The van der Waals surface area contributed by atoms with Crippen LogP contribution >= 0.6 is 0 Å². The molecule has 4 aliphatic rings. The van der Waals surface area contributed by atoms with E-state index in [1.807, 2.05) is 4.90 Å². The topological polar surface area (TPSA) is 124 Å². The number of rotatable bonds is 8. The molecule has 2 aromatic heterocycles. The molecule has 0 aliphatic carbocycles. The highest BCUT2D eigenvalue weighted by Gasteiger charge is 2.49. The number of hydrogen-bond donors (Lipinski definition) is 2. The first-order valence-electron chi connectivity index (χ1n) is 17.4. The van der Waals surface area contributed by atoms with Crippen molar-refractivity contribution in [2.75, 3.05) is 44.2 Å². The number of benzene rings is 2. The van der Waals surface area contributed by atoms with Crippen molar-refractivity contribution in [3.8, 4) is 35.4 Å². The largest absolute Gasteiger partial charge is 0.508 e. The second-order valence-electron chi connectivity index (χ2n) is 14.0. The lowest BCUT2D eigenvalue weighted by molar-refractivity contribution is -0.135. The zero-order valence-corrected chi connectivity index (χ0v) is 28.2. The van der Waals surface area contributed by atoms with Gasteiger partial charge in [0.15, 0.2) is 5.82 Å². The van der Waals surface area contributed by atoms with E-state index in [-0.39, 0.29) is 76.0 Å². The molecule has 268 valence electrons. The second-order valence-corrected chi connectivity index (χ2v) is 14.0. The first-order chi connectivity index (χ1) is 25.1. The Labute approximate surface area is 297 Å². The monoisotopic (exact) mass is 711 g/mol. The van der Waals surface area contributed by atoms with Crippen LogP contribution in [-0.2, 0) is 9.59 Å². The fourth-order valence-electron chi connectivity index (χ4n) is 8.72. The molecule has 4 fully saturated rings. The van der Waals surface area contributed by atoms with Gasteiger partial charge in [-0.05, 0) is 61.9 Å². The van der Waals surface area contributed by atoms with Crippen LogP contribution in [0.5, 0.6) is 11.8 Å². The first kappa shape index (κ1) is 33.7. The zero-order chi connectivity index (χ0) is 36.3. The fraction of sp³-hybridized carbons (Fsp3) is 0.395. The summed E-state index contributed by atoms with van der Waals surface area (Å²) in [4.78, 5) is 44.6. The molecular weight excluding hydrogens is 675 g/mol. The van der Waals surface area contributed by atoms with Crippen LogP contribution in [-0.4, -0.2) is 105 Å². The molecule has 11 nitrogen and oxygen atoms in total. The van der Waals surface area contributed by atoms with Crippen molar-refractivity contribution < 1.29 is 32.6 Å². The highest BCUT2D eigenvalue weighted by atomic mass is 19.1. The molecule has 52 heavy (non-hydrogen) atoms.